The zero-order valence-electron chi connectivity index (χ0n) is 47.6. The van der Waals surface area contributed by atoms with E-state index in [0.717, 1.165) is 82.5 Å². The number of allylic oxidation sites excluding steroid dienone is 2. The van der Waals surface area contributed by atoms with Gasteiger partial charge in [0.15, 0.2) is 0 Å². The standard InChI is InChI=1S/C55H59N15O11S6/c1-8-29(42(73)57-16-24(3)71)60-43(74)33-20-84-51(65-33)37-23-85-50(67-37)31-14-13-28-40(59-31)32-18-86-52(62-32)39(26(5)81-54(79)58-17-27-12-10-11-15-56-27)69-45(76)35-22-87-53(66-35)41(55(6,7)80)70-46(77)36-21-83-49(64-36)30(9-2)61-47(78)38(25(4)72)68-44(75)34-19-82-48(28)63-34/h8-9,13-14,18-23,25-27,38-39,41,56,72,80H,10-12,15-17H2,1-7H3,(H,57,73)(H,58,79)(H,60,74)(H,61,78)(H,68,75)(H,69,76)(H,70,77)/b29-8-,30-9-. The summed E-state index contributed by atoms with van der Waals surface area (Å²) >= 11 is 6.61. The number of ether oxygens (including phenoxy) is 1. The summed E-state index contributed by atoms with van der Waals surface area (Å²) in [6.07, 6.45) is 2.63. The highest BCUT2D eigenvalue weighted by Crippen LogP contribution is 2.39. The van der Waals surface area contributed by atoms with E-state index in [2.05, 4.69) is 62.5 Å². The fourth-order valence-corrected chi connectivity index (χ4v) is 14.0. The van der Waals surface area contributed by atoms with Crippen LogP contribution in [-0.2, 0) is 19.1 Å². The second kappa shape index (κ2) is 27.8. The van der Waals surface area contributed by atoms with Crippen molar-refractivity contribution < 1.29 is 53.3 Å². The maximum Gasteiger partial charge on any atom is 0.407 e. The Balaban J connectivity index is 1.09. The van der Waals surface area contributed by atoms with E-state index in [1.165, 1.54) is 72.7 Å². The highest BCUT2D eigenvalue weighted by atomic mass is 32.1. The van der Waals surface area contributed by atoms with Gasteiger partial charge in [0.05, 0.1) is 29.6 Å². The van der Waals surface area contributed by atoms with Crippen LogP contribution in [-0.4, -0.2) is 142 Å². The molecule has 6 atom stereocenters. The molecule has 0 aliphatic carbocycles. The van der Waals surface area contributed by atoms with Gasteiger partial charge in [-0.05, 0) is 80.0 Å². The minimum absolute atomic E-state index is 0.0127. The zero-order chi connectivity index (χ0) is 62.3. The van der Waals surface area contributed by atoms with Crippen LogP contribution in [0.2, 0.25) is 0 Å². The summed E-state index contributed by atoms with van der Waals surface area (Å²) in [6.45, 7) is 11.3. The fourth-order valence-electron chi connectivity index (χ4n) is 8.75. The van der Waals surface area contributed by atoms with Crippen LogP contribution >= 0.6 is 68.0 Å². The summed E-state index contributed by atoms with van der Waals surface area (Å²) in [4.78, 5) is 140. The molecule has 0 radical (unpaired) electrons. The molecule has 10 N–H and O–H groups in total. The average Bonchev–Trinajstić information content (AvgIpc) is 1.95. The number of alkyl carbamates (subject to hydrolysis) is 1. The number of pyridine rings is 1. The van der Waals surface area contributed by atoms with Gasteiger partial charge in [0.25, 0.3) is 29.5 Å². The summed E-state index contributed by atoms with van der Waals surface area (Å²) in [7, 11) is 0. The van der Waals surface area contributed by atoms with Crippen molar-refractivity contribution in [2.75, 3.05) is 19.6 Å². The van der Waals surface area contributed by atoms with Crippen LogP contribution < -0.4 is 42.5 Å². The lowest BCUT2D eigenvalue weighted by Crippen LogP contribution is -2.52. The maximum absolute atomic E-state index is 14.5. The molecule has 7 aromatic heterocycles. The number of nitrogens with one attached hydrogen (secondary N) is 8. The topological polar surface area (TPSA) is 373 Å². The van der Waals surface area contributed by atoms with Crippen molar-refractivity contribution in [2.24, 2.45) is 0 Å². The Kier molecular flexibility index (Phi) is 20.3. The van der Waals surface area contributed by atoms with E-state index in [4.69, 9.17) is 19.7 Å². The number of Topliss-reactive ketones (excluding diaryl/α,β-unsaturated/α-hetero) is 1. The molecule has 8 bridgehead atoms. The Morgan fingerprint density at radius 2 is 1.32 bits per heavy atom. The van der Waals surface area contributed by atoms with Crippen molar-refractivity contribution in [1.29, 1.82) is 0 Å². The SMILES string of the molecule is C/C=C(\NC(=O)c1csc(-c2csc(-c3ccc4c(n3)-c3csc(n3)C(C(C)OC(=O)NCC3CCCCN3)NC(=O)c3csc(n3)C(C(C)(C)O)NC(=O)c3csc(n3)/C(=C/C)NC(=O)C(C(C)O)NC(=O)c3csc-4n3)n2)n1)C(=O)NCC(C)=O. The number of carbonyl (C=O) groups excluding carboxylic acids is 8. The van der Waals surface area contributed by atoms with Gasteiger partial charge in [-0.2, -0.15) is 0 Å². The predicted molar refractivity (Wildman–Crippen MR) is 329 cm³/mol. The first-order chi connectivity index (χ1) is 41.6. The predicted octanol–water partition coefficient (Wildman–Crippen LogP) is 5.77. The van der Waals surface area contributed by atoms with Crippen LogP contribution in [0.25, 0.3) is 49.1 Å². The lowest BCUT2D eigenvalue weighted by atomic mass is 9.99. The van der Waals surface area contributed by atoms with Crippen LogP contribution in [0.15, 0.2) is 62.3 Å². The molecule has 87 heavy (non-hydrogen) atoms. The molecule has 0 aromatic carbocycles. The third-order valence-corrected chi connectivity index (χ3v) is 18.7. The quantitative estimate of drug-likeness (QED) is 0.0613. The highest BCUT2D eigenvalue weighted by Gasteiger charge is 2.36. The lowest BCUT2D eigenvalue weighted by molar-refractivity contribution is -0.124. The summed E-state index contributed by atoms with van der Waals surface area (Å²) in [5, 5.41) is 55.6. The van der Waals surface area contributed by atoms with Gasteiger partial charge >= 0.3 is 6.09 Å². The summed E-state index contributed by atoms with van der Waals surface area (Å²) in [5.74, 6) is -4.58. The number of hydrogen-bond acceptors (Lipinski definition) is 25. The second-order valence-electron chi connectivity index (χ2n) is 20.5. The molecule has 9 heterocycles. The van der Waals surface area contributed by atoms with Crippen molar-refractivity contribution in [2.45, 2.75) is 110 Å². The van der Waals surface area contributed by atoms with Gasteiger partial charge in [0.1, 0.15) is 106 Å². The van der Waals surface area contributed by atoms with Gasteiger partial charge in [-0.3, -0.25) is 33.6 Å². The fraction of sp³-hybridized carbons (Fsp3) is 0.364. The Labute approximate surface area is 521 Å². The first-order valence-electron chi connectivity index (χ1n) is 27.1. The molecule has 0 spiro atoms. The zero-order valence-corrected chi connectivity index (χ0v) is 52.5. The molecule has 0 saturated carbocycles. The molecule has 2 aliphatic rings. The number of amides is 7. The van der Waals surface area contributed by atoms with Gasteiger partial charge in [-0.25, -0.2) is 39.7 Å². The number of hydrogen-bond donors (Lipinski definition) is 10. The molecular formula is C55H59N15O11S6. The van der Waals surface area contributed by atoms with Crippen LogP contribution in [0.5, 0.6) is 0 Å². The lowest BCUT2D eigenvalue weighted by Gasteiger charge is -2.28. The molecule has 7 amide bonds. The van der Waals surface area contributed by atoms with Crippen molar-refractivity contribution in [3.05, 3.63) is 100 Å². The number of aromatic nitrogens is 7. The molecule has 1 fully saturated rings. The van der Waals surface area contributed by atoms with Gasteiger partial charge in [0, 0.05) is 50.4 Å². The smallest absolute Gasteiger partial charge is 0.407 e. The van der Waals surface area contributed by atoms with Crippen LogP contribution in [0.3, 0.4) is 0 Å². The number of aliphatic hydroxyl groups is 2. The second-order valence-corrected chi connectivity index (χ2v) is 25.7. The molecule has 7 aromatic rings. The number of ketones is 1. The number of thiazole rings is 6. The van der Waals surface area contributed by atoms with E-state index in [1.54, 1.807) is 43.7 Å². The number of aliphatic hydroxyl groups excluding tert-OH is 1. The Morgan fingerprint density at radius 1 is 0.713 bits per heavy atom. The Hall–Kier alpha value is -7.95. The van der Waals surface area contributed by atoms with Gasteiger partial charge in [-0.15, -0.1) is 68.0 Å². The molecule has 1 saturated heterocycles. The summed E-state index contributed by atoms with van der Waals surface area (Å²) in [6, 6.07) is -0.328. The van der Waals surface area contributed by atoms with Crippen molar-refractivity contribution >= 4 is 121 Å². The Morgan fingerprint density at radius 3 is 2.01 bits per heavy atom. The molecule has 26 nitrogen and oxygen atoms in total. The number of piperidine rings is 1. The normalized spacial score (nSPS) is 19.1. The number of carbonyl (C=O) groups is 8. The van der Waals surface area contributed by atoms with E-state index < -0.39 is 77.5 Å². The highest BCUT2D eigenvalue weighted by molar-refractivity contribution is 7.15. The molecule has 32 heteroatoms. The van der Waals surface area contributed by atoms with Crippen molar-refractivity contribution in [1.82, 2.24) is 77.4 Å². The molecule has 9 rings (SSSR count). The van der Waals surface area contributed by atoms with Crippen molar-refractivity contribution in [3.8, 4) is 43.4 Å². The van der Waals surface area contributed by atoms with Gasteiger partial charge in [0.2, 0.25) is 5.91 Å². The first-order valence-corrected chi connectivity index (χ1v) is 32.3. The van der Waals surface area contributed by atoms with Crippen LogP contribution in [0, 0.1) is 0 Å². The minimum atomic E-state index is -1.64. The molecular weight excluding hydrogens is 1240 g/mol. The van der Waals surface area contributed by atoms with Crippen LogP contribution in [0.1, 0.15) is 137 Å². The third kappa shape index (κ3) is 15.4. The number of rotatable bonds is 13. The molecule has 2 aliphatic heterocycles. The van der Waals surface area contributed by atoms with E-state index in [1.807, 2.05) is 0 Å². The average molecular weight is 1300 g/mol. The number of nitrogens with zero attached hydrogens (tertiary/aromatic N) is 7. The maximum atomic E-state index is 14.5. The minimum Gasteiger partial charge on any atom is -0.444 e. The third-order valence-electron chi connectivity index (χ3n) is 13.4. The Bertz CT molecular complexity index is 3810. The molecule has 6 unspecified atom stereocenters. The van der Waals surface area contributed by atoms with Crippen molar-refractivity contribution in [3.63, 3.8) is 0 Å². The summed E-state index contributed by atoms with van der Waals surface area (Å²) < 4.78 is 5.96. The molecule has 456 valence electrons. The number of fused-ring (bicyclic) bond motifs is 11. The monoisotopic (exact) mass is 1300 g/mol. The van der Waals surface area contributed by atoms with E-state index >= 15 is 0 Å². The van der Waals surface area contributed by atoms with E-state index in [-0.39, 0.29) is 79.0 Å². The first kappa shape index (κ1) is 63.5. The summed E-state index contributed by atoms with van der Waals surface area (Å²) in [5.41, 5.74) is -0.0797. The van der Waals surface area contributed by atoms with E-state index in [9.17, 15) is 48.6 Å². The van der Waals surface area contributed by atoms with Crippen LogP contribution in [0.4, 0.5) is 4.79 Å². The van der Waals surface area contributed by atoms with E-state index in [0.29, 0.717) is 38.5 Å². The largest absolute Gasteiger partial charge is 0.444 e. The van der Waals surface area contributed by atoms with Gasteiger partial charge < -0.3 is 57.5 Å². The van der Waals surface area contributed by atoms with Gasteiger partial charge in [-0.1, -0.05) is 18.6 Å².